The molecule has 2 aromatic carbocycles. The Morgan fingerprint density at radius 1 is 1.16 bits per heavy atom. The third kappa shape index (κ3) is 3.58. The number of carbonyl (C=O) groups excluding carboxylic acids is 1. The van der Waals surface area contributed by atoms with Gasteiger partial charge >= 0.3 is 0 Å². The molecule has 0 aliphatic heterocycles. The van der Waals surface area contributed by atoms with Crippen LogP contribution in [0.1, 0.15) is 16.7 Å². The van der Waals surface area contributed by atoms with Gasteiger partial charge < -0.3 is 10.4 Å². The molecule has 1 amide bonds. The predicted molar refractivity (Wildman–Crippen MR) is 76.4 cm³/mol. The maximum absolute atomic E-state index is 12.0. The number of aromatic hydroxyl groups is 1. The second-order valence-corrected chi connectivity index (χ2v) is 4.71. The zero-order valence-electron chi connectivity index (χ0n) is 11.1. The van der Waals surface area contributed by atoms with Crippen LogP contribution in [0.3, 0.4) is 0 Å². The number of anilines is 1. The van der Waals surface area contributed by atoms with Crippen molar-refractivity contribution in [1.82, 2.24) is 0 Å². The van der Waals surface area contributed by atoms with Gasteiger partial charge in [-0.2, -0.15) is 0 Å². The van der Waals surface area contributed by atoms with Crippen LogP contribution < -0.4 is 5.32 Å². The SMILES string of the molecule is Cc1ccc(C)c(NC(=O)Cc2cccc(O)c2)c1. The lowest BCUT2D eigenvalue weighted by molar-refractivity contribution is -0.115. The van der Waals surface area contributed by atoms with Crippen molar-refractivity contribution in [3.8, 4) is 5.75 Å². The summed E-state index contributed by atoms with van der Waals surface area (Å²) >= 11 is 0. The molecule has 0 saturated heterocycles. The molecule has 19 heavy (non-hydrogen) atoms. The molecule has 0 atom stereocenters. The van der Waals surface area contributed by atoms with Gasteiger partial charge in [0.2, 0.25) is 5.91 Å². The van der Waals surface area contributed by atoms with Gasteiger partial charge in [-0.3, -0.25) is 4.79 Å². The molecular weight excluding hydrogens is 238 g/mol. The molecule has 0 aliphatic carbocycles. The van der Waals surface area contributed by atoms with Crippen molar-refractivity contribution < 1.29 is 9.90 Å². The summed E-state index contributed by atoms with van der Waals surface area (Å²) in [4.78, 5) is 12.0. The summed E-state index contributed by atoms with van der Waals surface area (Å²) < 4.78 is 0. The van der Waals surface area contributed by atoms with Crippen molar-refractivity contribution in [2.45, 2.75) is 20.3 Å². The van der Waals surface area contributed by atoms with E-state index in [4.69, 9.17) is 0 Å². The lowest BCUT2D eigenvalue weighted by Crippen LogP contribution is -2.15. The van der Waals surface area contributed by atoms with E-state index >= 15 is 0 Å². The average Bonchev–Trinajstić information content (AvgIpc) is 2.34. The fourth-order valence-corrected chi connectivity index (χ4v) is 1.92. The van der Waals surface area contributed by atoms with Crippen molar-refractivity contribution in [3.63, 3.8) is 0 Å². The zero-order valence-corrected chi connectivity index (χ0v) is 11.1. The molecule has 0 aromatic heterocycles. The first-order chi connectivity index (χ1) is 9.04. The van der Waals surface area contributed by atoms with Gasteiger partial charge in [0, 0.05) is 5.69 Å². The number of aryl methyl sites for hydroxylation is 2. The first kappa shape index (κ1) is 13.1. The summed E-state index contributed by atoms with van der Waals surface area (Å²) in [5.74, 6) is 0.0938. The number of rotatable bonds is 3. The number of phenolic OH excluding ortho intramolecular Hbond substituents is 1. The maximum Gasteiger partial charge on any atom is 0.228 e. The average molecular weight is 255 g/mol. The summed E-state index contributed by atoms with van der Waals surface area (Å²) in [6, 6.07) is 12.7. The van der Waals surface area contributed by atoms with Crippen molar-refractivity contribution in [2.75, 3.05) is 5.32 Å². The monoisotopic (exact) mass is 255 g/mol. The van der Waals surface area contributed by atoms with Crippen LogP contribution in [-0.4, -0.2) is 11.0 Å². The molecular formula is C16H17NO2. The molecule has 98 valence electrons. The Hall–Kier alpha value is -2.29. The first-order valence-corrected chi connectivity index (χ1v) is 6.19. The maximum atomic E-state index is 12.0. The largest absolute Gasteiger partial charge is 0.508 e. The minimum atomic E-state index is -0.0840. The molecule has 3 nitrogen and oxygen atoms in total. The summed E-state index contributed by atoms with van der Waals surface area (Å²) in [5.41, 5.74) is 3.78. The van der Waals surface area contributed by atoms with Crippen LogP contribution in [0.4, 0.5) is 5.69 Å². The molecule has 0 unspecified atom stereocenters. The van der Waals surface area contributed by atoms with Crippen molar-refractivity contribution >= 4 is 11.6 Å². The summed E-state index contributed by atoms with van der Waals surface area (Å²) in [6.45, 7) is 3.95. The molecule has 3 heteroatoms. The molecule has 0 radical (unpaired) electrons. The number of carbonyl (C=O) groups is 1. The van der Waals surface area contributed by atoms with E-state index in [2.05, 4.69) is 5.32 Å². The Bertz CT molecular complexity index is 605. The van der Waals surface area contributed by atoms with Crippen LogP contribution >= 0.6 is 0 Å². The highest BCUT2D eigenvalue weighted by Gasteiger charge is 2.06. The van der Waals surface area contributed by atoms with E-state index in [1.807, 2.05) is 38.1 Å². The van der Waals surface area contributed by atoms with Crippen LogP contribution in [0.2, 0.25) is 0 Å². The van der Waals surface area contributed by atoms with Crippen LogP contribution in [0.15, 0.2) is 42.5 Å². The lowest BCUT2D eigenvalue weighted by atomic mass is 10.1. The van der Waals surface area contributed by atoms with Gasteiger partial charge in [-0.25, -0.2) is 0 Å². The molecule has 0 fully saturated rings. The quantitative estimate of drug-likeness (QED) is 0.885. The van der Waals surface area contributed by atoms with E-state index in [1.54, 1.807) is 18.2 Å². The Morgan fingerprint density at radius 2 is 1.95 bits per heavy atom. The minimum absolute atomic E-state index is 0.0840. The minimum Gasteiger partial charge on any atom is -0.508 e. The highest BCUT2D eigenvalue weighted by Crippen LogP contribution is 2.17. The van der Waals surface area contributed by atoms with Crippen molar-refractivity contribution in [3.05, 3.63) is 59.2 Å². The van der Waals surface area contributed by atoms with Gasteiger partial charge in [0.25, 0.3) is 0 Å². The van der Waals surface area contributed by atoms with E-state index in [-0.39, 0.29) is 18.1 Å². The van der Waals surface area contributed by atoms with Crippen LogP contribution in [-0.2, 0) is 11.2 Å². The molecule has 0 bridgehead atoms. The standard InChI is InChI=1S/C16H17NO2/c1-11-6-7-12(2)15(8-11)17-16(19)10-13-4-3-5-14(18)9-13/h3-9,18H,10H2,1-2H3,(H,17,19). The summed E-state index contributed by atoms with van der Waals surface area (Å²) in [5, 5.41) is 12.3. The number of phenols is 1. The smallest absolute Gasteiger partial charge is 0.228 e. The second kappa shape index (κ2) is 5.57. The van der Waals surface area contributed by atoms with E-state index in [0.29, 0.717) is 0 Å². The molecule has 0 heterocycles. The summed E-state index contributed by atoms with van der Waals surface area (Å²) in [6.07, 6.45) is 0.252. The fourth-order valence-electron chi connectivity index (χ4n) is 1.92. The first-order valence-electron chi connectivity index (χ1n) is 6.19. The van der Waals surface area contributed by atoms with Crippen LogP contribution in [0.5, 0.6) is 5.75 Å². The van der Waals surface area contributed by atoms with Crippen LogP contribution in [0, 0.1) is 13.8 Å². The molecule has 2 rings (SSSR count). The van der Waals surface area contributed by atoms with Crippen LogP contribution in [0.25, 0.3) is 0 Å². The molecule has 0 saturated carbocycles. The van der Waals surface area contributed by atoms with Gasteiger partial charge in [-0.15, -0.1) is 0 Å². The van der Waals surface area contributed by atoms with E-state index in [1.165, 1.54) is 0 Å². The third-order valence-electron chi connectivity index (χ3n) is 2.94. The van der Waals surface area contributed by atoms with Crippen molar-refractivity contribution in [1.29, 1.82) is 0 Å². The molecule has 2 aromatic rings. The van der Waals surface area contributed by atoms with Crippen molar-refractivity contribution in [2.24, 2.45) is 0 Å². The normalized spacial score (nSPS) is 10.2. The number of nitrogens with one attached hydrogen (secondary N) is 1. The fraction of sp³-hybridized carbons (Fsp3) is 0.188. The topological polar surface area (TPSA) is 49.3 Å². The highest BCUT2D eigenvalue weighted by atomic mass is 16.3. The number of benzene rings is 2. The van der Waals surface area contributed by atoms with Gasteiger partial charge in [-0.05, 0) is 48.7 Å². The Morgan fingerprint density at radius 3 is 2.68 bits per heavy atom. The highest BCUT2D eigenvalue weighted by molar-refractivity contribution is 5.93. The Labute approximate surface area is 112 Å². The van der Waals surface area contributed by atoms with E-state index < -0.39 is 0 Å². The molecule has 2 N–H and O–H groups in total. The van der Waals surface area contributed by atoms with Gasteiger partial charge in [0.15, 0.2) is 0 Å². The van der Waals surface area contributed by atoms with Gasteiger partial charge in [0.05, 0.1) is 6.42 Å². The number of hydrogen-bond acceptors (Lipinski definition) is 2. The molecule has 0 aliphatic rings. The zero-order chi connectivity index (χ0) is 13.8. The van der Waals surface area contributed by atoms with Gasteiger partial charge in [0.1, 0.15) is 5.75 Å². The Balaban J connectivity index is 2.07. The lowest BCUT2D eigenvalue weighted by Gasteiger charge is -2.09. The molecule has 0 spiro atoms. The third-order valence-corrected chi connectivity index (χ3v) is 2.94. The number of amides is 1. The number of hydrogen-bond donors (Lipinski definition) is 2. The van der Waals surface area contributed by atoms with Gasteiger partial charge in [-0.1, -0.05) is 24.3 Å². The second-order valence-electron chi connectivity index (χ2n) is 4.71. The van der Waals surface area contributed by atoms with E-state index in [0.717, 1.165) is 22.4 Å². The predicted octanol–water partition coefficient (Wildman–Crippen LogP) is 3.19. The Kier molecular flexibility index (Phi) is 3.85. The summed E-state index contributed by atoms with van der Waals surface area (Å²) in [7, 11) is 0. The van der Waals surface area contributed by atoms with E-state index in [9.17, 15) is 9.90 Å².